The Bertz CT molecular complexity index is 287. The molecular weight excluding hydrogens is 379 g/mol. The zero-order valence-electron chi connectivity index (χ0n) is 13.8. The van der Waals surface area contributed by atoms with Gasteiger partial charge in [-0.15, -0.1) is 24.0 Å². The number of nitrogens with one attached hydrogen (secondary N) is 1. The number of nitrogens with zero attached hydrogens (tertiary/aromatic N) is 2. The fraction of sp³-hybridized carbons (Fsp3) is 0.933. The molecule has 1 aliphatic rings. The van der Waals surface area contributed by atoms with Crippen LogP contribution in [0, 0.1) is 5.92 Å². The van der Waals surface area contributed by atoms with Crippen molar-refractivity contribution in [3.05, 3.63) is 0 Å². The minimum atomic E-state index is 0. The molecule has 6 heteroatoms. The lowest BCUT2D eigenvalue weighted by molar-refractivity contribution is 0.145. The van der Waals surface area contributed by atoms with Gasteiger partial charge < -0.3 is 15.8 Å². The highest BCUT2D eigenvalue weighted by atomic mass is 127. The Morgan fingerprint density at radius 2 is 2.24 bits per heavy atom. The Kier molecular flexibility index (Phi) is 12.4. The topological polar surface area (TPSA) is 62.9 Å². The van der Waals surface area contributed by atoms with E-state index in [4.69, 9.17) is 10.5 Å². The molecule has 0 saturated carbocycles. The molecule has 0 aromatic heterocycles. The lowest BCUT2D eigenvalue weighted by Crippen LogP contribution is -2.37. The van der Waals surface area contributed by atoms with Gasteiger partial charge in [-0.05, 0) is 38.6 Å². The second-order valence-electron chi connectivity index (χ2n) is 5.89. The van der Waals surface area contributed by atoms with Crippen LogP contribution in [0.4, 0.5) is 0 Å². The summed E-state index contributed by atoms with van der Waals surface area (Å²) in [5.74, 6) is 1.28. The van der Waals surface area contributed by atoms with E-state index in [0.717, 1.165) is 32.7 Å². The van der Waals surface area contributed by atoms with Gasteiger partial charge in [0, 0.05) is 32.3 Å². The van der Waals surface area contributed by atoms with E-state index < -0.39 is 0 Å². The molecule has 1 aliphatic heterocycles. The van der Waals surface area contributed by atoms with Gasteiger partial charge in [0.15, 0.2) is 5.96 Å². The van der Waals surface area contributed by atoms with Crippen LogP contribution in [0.25, 0.3) is 0 Å². The summed E-state index contributed by atoms with van der Waals surface area (Å²) in [6, 6.07) is 0.571. The van der Waals surface area contributed by atoms with Crippen LogP contribution in [0.3, 0.4) is 0 Å². The Morgan fingerprint density at radius 1 is 1.48 bits per heavy atom. The Labute approximate surface area is 147 Å². The van der Waals surface area contributed by atoms with Crippen LogP contribution in [0.1, 0.15) is 40.0 Å². The number of hydrogen-bond acceptors (Lipinski definition) is 3. The normalized spacial score (nSPS) is 19.8. The molecule has 1 saturated heterocycles. The van der Waals surface area contributed by atoms with Crippen LogP contribution in [-0.4, -0.2) is 56.3 Å². The lowest BCUT2D eigenvalue weighted by atomic mass is 10.2. The quantitative estimate of drug-likeness (QED) is 0.263. The minimum absolute atomic E-state index is 0. The van der Waals surface area contributed by atoms with Gasteiger partial charge in [-0.25, -0.2) is 0 Å². The SMILES string of the molecule is CCOCCCNC(N)=NC[C@@H]1CCCN1CC(C)C.I. The van der Waals surface area contributed by atoms with E-state index in [9.17, 15) is 0 Å². The summed E-state index contributed by atoms with van der Waals surface area (Å²) >= 11 is 0. The lowest BCUT2D eigenvalue weighted by Gasteiger charge is -2.24. The highest BCUT2D eigenvalue weighted by molar-refractivity contribution is 14.0. The summed E-state index contributed by atoms with van der Waals surface area (Å²) in [6.07, 6.45) is 3.50. The van der Waals surface area contributed by atoms with Crippen LogP contribution in [0.2, 0.25) is 0 Å². The highest BCUT2D eigenvalue weighted by Gasteiger charge is 2.24. The number of rotatable bonds is 9. The molecule has 0 unspecified atom stereocenters. The summed E-state index contributed by atoms with van der Waals surface area (Å²) in [6.45, 7) is 12.1. The van der Waals surface area contributed by atoms with Crippen molar-refractivity contribution in [2.45, 2.75) is 46.1 Å². The van der Waals surface area contributed by atoms with Crippen LogP contribution in [0.15, 0.2) is 4.99 Å². The monoisotopic (exact) mass is 412 g/mol. The molecule has 1 rings (SSSR count). The first-order chi connectivity index (χ1) is 9.63. The van der Waals surface area contributed by atoms with Gasteiger partial charge in [0.05, 0.1) is 6.54 Å². The Morgan fingerprint density at radius 3 is 2.90 bits per heavy atom. The molecule has 0 radical (unpaired) electrons. The third-order valence-corrected chi connectivity index (χ3v) is 3.55. The van der Waals surface area contributed by atoms with Crippen molar-refractivity contribution < 1.29 is 4.74 Å². The molecule has 126 valence electrons. The van der Waals surface area contributed by atoms with Crippen molar-refractivity contribution in [2.75, 3.05) is 39.4 Å². The van der Waals surface area contributed by atoms with Crippen molar-refractivity contribution >= 4 is 29.9 Å². The summed E-state index contributed by atoms with van der Waals surface area (Å²) in [5.41, 5.74) is 5.89. The number of guanidine groups is 1. The van der Waals surface area contributed by atoms with E-state index in [1.54, 1.807) is 0 Å². The molecule has 3 N–H and O–H groups in total. The van der Waals surface area contributed by atoms with E-state index in [0.29, 0.717) is 17.9 Å². The van der Waals surface area contributed by atoms with Gasteiger partial charge in [-0.2, -0.15) is 0 Å². The largest absolute Gasteiger partial charge is 0.382 e. The molecule has 0 aromatic rings. The summed E-state index contributed by atoms with van der Waals surface area (Å²) in [5, 5.41) is 3.15. The van der Waals surface area contributed by atoms with Crippen molar-refractivity contribution in [3.8, 4) is 0 Å². The van der Waals surface area contributed by atoms with Crippen molar-refractivity contribution in [2.24, 2.45) is 16.6 Å². The summed E-state index contributed by atoms with van der Waals surface area (Å²) in [7, 11) is 0. The first kappa shape index (κ1) is 20.9. The molecule has 0 spiro atoms. The van der Waals surface area contributed by atoms with Gasteiger partial charge in [0.25, 0.3) is 0 Å². The predicted octanol–water partition coefficient (Wildman–Crippen LogP) is 2.06. The molecule has 1 fully saturated rings. The number of ether oxygens (including phenoxy) is 1. The van der Waals surface area contributed by atoms with Crippen LogP contribution < -0.4 is 11.1 Å². The van der Waals surface area contributed by atoms with Crippen LogP contribution in [0.5, 0.6) is 0 Å². The number of aliphatic imine (C=N–C) groups is 1. The van der Waals surface area contributed by atoms with Crippen LogP contribution in [-0.2, 0) is 4.74 Å². The van der Waals surface area contributed by atoms with E-state index in [1.165, 1.54) is 25.9 Å². The van der Waals surface area contributed by atoms with E-state index in [1.807, 2.05) is 6.92 Å². The maximum absolute atomic E-state index is 5.89. The van der Waals surface area contributed by atoms with E-state index in [2.05, 4.69) is 29.1 Å². The maximum atomic E-state index is 5.89. The van der Waals surface area contributed by atoms with Gasteiger partial charge in [-0.3, -0.25) is 9.89 Å². The zero-order valence-corrected chi connectivity index (χ0v) is 16.1. The van der Waals surface area contributed by atoms with Gasteiger partial charge >= 0.3 is 0 Å². The third-order valence-electron chi connectivity index (χ3n) is 3.55. The first-order valence-corrected chi connectivity index (χ1v) is 7.99. The van der Waals surface area contributed by atoms with E-state index in [-0.39, 0.29) is 24.0 Å². The molecule has 0 amide bonds. The zero-order chi connectivity index (χ0) is 14.8. The number of hydrogen-bond donors (Lipinski definition) is 2. The van der Waals surface area contributed by atoms with Gasteiger partial charge in [-0.1, -0.05) is 13.8 Å². The molecule has 21 heavy (non-hydrogen) atoms. The van der Waals surface area contributed by atoms with Crippen molar-refractivity contribution in [1.29, 1.82) is 0 Å². The predicted molar refractivity (Wildman–Crippen MR) is 100 cm³/mol. The van der Waals surface area contributed by atoms with Gasteiger partial charge in [0.1, 0.15) is 0 Å². The Balaban J connectivity index is 0.00000400. The smallest absolute Gasteiger partial charge is 0.188 e. The molecular formula is C15H33IN4O. The average molecular weight is 412 g/mol. The van der Waals surface area contributed by atoms with Crippen molar-refractivity contribution in [1.82, 2.24) is 10.2 Å². The maximum Gasteiger partial charge on any atom is 0.188 e. The summed E-state index contributed by atoms with van der Waals surface area (Å²) in [4.78, 5) is 7.03. The number of likely N-dealkylation sites (tertiary alicyclic amines) is 1. The van der Waals surface area contributed by atoms with E-state index >= 15 is 0 Å². The first-order valence-electron chi connectivity index (χ1n) is 7.99. The Hall–Kier alpha value is -0.0800. The molecule has 1 heterocycles. The molecule has 0 bridgehead atoms. The molecule has 0 aliphatic carbocycles. The standard InChI is InChI=1S/C15H32N4O.HI/c1-4-20-10-6-8-17-15(16)18-11-14-7-5-9-19(14)12-13(2)3;/h13-14H,4-12H2,1-3H3,(H3,16,17,18);1H/t14-;/m0./s1. The van der Waals surface area contributed by atoms with Crippen LogP contribution >= 0.6 is 24.0 Å². The molecule has 1 atom stereocenters. The fourth-order valence-corrected chi connectivity index (χ4v) is 2.61. The third kappa shape index (κ3) is 9.52. The molecule has 5 nitrogen and oxygen atoms in total. The average Bonchev–Trinajstić information content (AvgIpc) is 2.82. The van der Waals surface area contributed by atoms with Gasteiger partial charge in [0.2, 0.25) is 0 Å². The second-order valence-corrected chi connectivity index (χ2v) is 5.89. The number of halogens is 1. The second kappa shape index (κ2) is 12.5. The highest BCUT2D eigenvalue weighted by Crippen LogP contribution is 2.18. The summed E-state index contributed by atoms with van der Waals surface area (Å²) < 4.78 is 5.28. The molecule has 0 aromatic carbocycles. The van der Waals surface area contributed by atoms with Crippen molar-refractivity contribution in [3.63, 3.8) is 0 Å². The number of nitrogens with two attached hydrogens (primary N) is 1. The minimum Gasteiger partial charge on any atom is -0.382 e. The fourth-order valence-electron chi connectivity index (χ4n) is 2.61.